The van der Waals surface area contributed by atoms with Gasteiger partial charge in [-0.15, -0.1) is 0 Å². The first-order chi connectivity index (χ1) is 15.7. The molecule has 33 heavy (non-hydrogen) atoms. The maximum Gasteiger partial charge on any atom is 0.385 e. The van der Waals surface area contributed by atoms with Crippen LogP contribution >= 0.6 is 23.2 Å². The molecule has 1 amide bonds. The largest absolute Gasteiger partial charge is 0.492 e. The Balaban J connectivity index is 2.06. The predicted molar refractivity (Wildman–Crippen MR) is 122 cm³/mol. The highest BCUT2D eigenvalue weighted by atomic mass is 35.5. The fourth-order valence-electron chi connectivity index (χ4n) is 2.73. The highest BCUT2D eigenvalue weighted by Gasteiger charge is 2.24. The van der Waals surface area contributed by atoms with Crippen LogP contribution in [0, 0.1) is 5.82 Å². The van der Waals surface area contributed by atoms with E-state index < -0.39 is 23.4 Å². The number of benzene rings is 2. The summed E-state index contributed by atoms with van der Waals surface area (Å²) >= 11 is 12.2. The monoisotopic (exact) mass is 490 g/mol. The zero-order valence-electron chi connectivity index (χ0n) is 17.6. The molecule has 0 saturated carbocycles. The number of oxime groups is 1. The van der Waals surface area contributed by atoms with Crippen LogP contribution in [0.4, 0.5) is 10.2 Å². The van der Waals surface area contributed by atoms with E-state index in [1.165, 1.54) is 26.2 Å². The van der Waals surface area contributed by atoms with E-state index in [-0.39, 0.29) is 33.0 Å². The molecule has 0 bridgehead atoms. The van der Waals surface area contributed by atoms with E-state index in [1.54, 1.807) is 31.2 Å². The topological polar surface area (TPSA) is 103 Å². The maximum atomic E-state index is 14.9. The third-order valence-electron chi connectivity index (χ3n) is 4.29. The molecule has 0 saturated heterocycles. The third kappa shape index (κ3) is 5.44. The summed E-state index contributed by atoms with van der Waals surface area (Å²) in [5.41, 5.74) is 0.583. The third-order valence-corrected chi connectivity index (χ3v) is 4.95. The van der Waals surface area contributed by atoms with Crippen LogP contribution in [-0.4, -0.2) is 34.7 Å². The van der Waals surface area contributed by atoms with Gasteiger partial charge in [0.15, 0.2) is 28.9 Å². The summed E-state index contributed by atoms with van der Waals surface area (Å²) in [4.78, 5) is 37.4. The second kappa shape index (κ2) is 10.4. The summed E-state index contributed by atoms with van der Waals surface area (Å²) < 4.78 is 19.9. The molecule has 0 radical (unpaired) electrons. The van der Waals surface area contributed by atoms with Crippen LogP contribution in [0.15, 0.2) is 47.6 Å². The van der Waals surface area contributed by atoms with Gasteiger partial charge in [-0.05, 0) is 24.6 Å². The van der Waals surface area contributed by atoms with Crippen molar-refractivity contribution in [3.05, 3.63) is 69.6 Å². The van der Waals surface area contributed by atoms with Crippen LogP contribution in [0.3, 0.4) is 0 Å². The molecule has 3 aromatic rings. The molecule has 0 aliphatic heterocycles. The van der Waals surface area contributed by atoms with E-state index in [4.69, 9.17) is 32.8 Å². The van der Waals surface area contributed by atoms with Crippen molar-refractivity contribution in [3.8, 4) is 17.1 Å². The quantitative estimate of drug-likeness (QED) is 0.291. The first-order valence-corrected chi connectivity index (χ1v) is 10.2. The zero-order valence-corrected chi connectivity index (χ0v) is 19.2. The Bertz CT molecular complexity index is 1250. The average Bonchev–Trinajstić information content (AvgIpc) is 2.79. The number of anilines is 1. The zero-order chi connectivity index (χ0) is 24.1. The highest BCUT2D eigenvalue weighted by molar-refractivity contribution is 6.36. The van der Waals surface area contributed by atoms with E-state index >= 15 is 0 Å². The molecular formula is C22H17Cl2FN4O4. The number of amides is 1. The van der Waals surface area contributed by atoms with Crippen LogP contribution in [-0.2, 0) is 9.63 Å². The van der Waals surface area contributed by atoms with Gasteiger partial charge in [0, 0.05) is 6.92 Å². The number of aromatic nitrogens is 2. The standard InChI is InChI=1S/C22H17Cl2FN4O4/c1-11(13-7-5-4-6-8-13)29-33-22(31)18-16(24)21(26-12(2)30)28-20(27-18)14-9-10-15(23)19(32-3)17(14)25/h4-10H,1-3H3,(H,26,27,28,30)/b29-11+. The first-order valence-electron chi connectivity index (χ1n) is 9.41. The van der Waals surface area contributed by atoms with Crippen molar-refractivity contribution in [3.63, 3.8) is 0 Å². The number of carbonyl (C=O) groups is 2. The average molecular weight is 491 g/mol. The van der Waals surface area contributed by atoms with Gasteiger partial charge in [-0.1, -0.05) is 58.7 Å². The Morgan fingerprint density at radius 3 is 2.39 bits per heavy atom. The molecule has 3 rings (SSSR count). The fourth-order valence-corrected chi connectivity index (χ4v) is 3.16. The Kier molecular flexibility index (Phi) is 7.57. The van der Waals surface area contributed by atoms with E-state index in [1.807, 2.05) is 6.07 Å². The van der Waals surface area contributed by atoms with E-state index in [0.29, 0.717) is 5.71 Å². The van der Waals surface area contributed by atoms with Crippen molar-refractivity contribution < 1.29 is 23.6 Å². The number of halogens is 3. The van der Waals surface area contributed by atoms with Gasteiger partial charge in [-0.3, -0.25) is 4.79 Å². The molecule has 0 fully saturated rings. The van der Waals surface area contributed by atoms with Gasteiger partial charge in [0.05, 0.1) is 23.4 Å². The number of nitrogens with zero attached hydrogens (tertiary/aromatic N) is 3. The lowest BCUT2D eigenvalue weighted by Crippen LogP contribution is -2.14. The van der Waals surface area contributed by atoms with Crippen LogP contribution in [0.5, 0.6) is 5.75 Å². The van der Waals surface area contributed by atoms with Gasteiger partial charge in [-0.2, -0.15) is 0 Å². The molecule has 8 nitrogen and oxygen atoms in total. The highest BCUT2D eigenvalue weighted by Crippen LogP contribution is 2.35. The molecule has 11 heteroatoms. The van der Waals surface area contributed by atoms with Crippen molar-refractivity contribution in [2.45, 2.75) is 13.8 Å². The number of nitrogens with one attached hydrogen (secondary N) is 1. The van der Waals surface area contributed by atoms with Gasteiger partial charge in [0.1, 0.15) is 5.02 Å². The molecule has 0 aliphatic rings. The number of methoxy groups -OCH3 is 1. The van der Waals surface area contributed by atoms with Crippen LogP contribution in [0.2, 0.25) is 10.0 Å². The van der Waals surface area contributed by atoms with Crippen molar-refractivity contribution >= 4 is 46.6 Å². The number of ether oxygens (including phenoxy) is 1. The summed E-state index contributed by atoms with van der Waals surface area (Å²) in [7, 11) is 1.25. The summed E-state index contributed by atoms with van der Waals surface area (Å²) in [5.74, 6) is -3.12. The first kappa shape index (κ1) is 24.1. The summed E-state index contributed by atoms with van der Waals surface area (Å²) in [5, 5.41) is 5.92. The lowest BCUT2D eigenvalue weighted by molar-refractivity contribution is -0.114. The summed E-state index contributed by atoms with van der Waals surface area (Å²) in [6, 6.07) is 11.7. The van der Waals surface area contributed by atoms with E-state index in [0.717, 1.165) is 5.56 Å². The second-order valence-corrected chi connectivity index (χ2v) is 7.39. The molecule has 1 aromatic heterocycles. The molecule has 0 aliphatic carbocycles. The Morgan fingerprint density at radius 2 is 1.76 bits per heavy atom. The lowest BCUT2D eigenvalue weighted by atomic mass is 10.1. The Labute approximate surface area is 198 Å². The molecule has 2 aromatic carbocycles. The Hall–Kier alpha value is -3.56. The van der Waals surface area contributed by atoms with E-state index in [9.17, 15) is 14.0 Å². The van der Waals surface area contributed by atoms with Gasteiger partial charge in [0.2, 0.25) is 5.91 Å². The normalized spacial score (nSPS) is 11.2. The minimum absolute atomic E-state index is 0.0279. The van der Waals surface area contributed by atoms with Crippen molar-refractivity contribution in [2.24, 2.45) is 5.16 Å². The van der Waals surface area contributed by atoms with E-state index in [2.05, 4.69) is 20.4 Å². The van der Waals surface area contributed by atoms with Gasteiger partial charge >= 0.3 is 5.97 Å². The van der Waals surface area contributed by atoms with Crippen LogP contribution in [0.1, 0.15) is 29.9 Å². The number of carbonyl (C=O) groups excluding carboxylic acids is 2. The minimum atomic E-state index is -1.04. The van der Waals surface area contributed by atoms with Crippen molar-refractivity contribution in [2.75, 3.05) is 12.4 Å². The fraction of sp³-hybridized carbons (Fsp3) is 0.136. The van der Waals surface area contributed by atoms with Crippen LogP contribution in [0.25, 0.3) is 11.4 Å². The molecule has 170 valence electrons. The molecule has 0 atom stereocenters. The van der Waals surface area contributed by atoms with Crippen molar-refractivity contribution in [1.82, 2.24) is 9.97 Å². The lowest BCUT2D eigenvalue weighted by Gasteiger charge is -2.12. The summed E-state index contributed by atoms with van der Waals surface area (Å²) in [6.45, 7) is 2.86. The van der Waals surface area contributed by atoms with Crippen LogP contribution < -0.4 is 10.1 Å². The molecule has 1 N–H and O–H groups in total. The molecule has 0 spiro atoms. The molecule has 0 unspecified atom stereocenters. The SMILES string of the molecule is COc1c(Cl)ccc(-c2nc(NC(C)=O)c(Cl)c(C(=O)O/N=C(\C)c3ccccc3)n2)c1F. The number of rotatable bonds is 6. The van der Waals surface area contributed by atoms with Gasteiger partial charge < -0.3 is 14.9 Å². The number of hydrogen-bond donors (Lipinski definition) is 1. The predicted octanol–water partition coefficient (Wildman–Crippen LogP) is 5.14. The smallest absolute Gasteiger partial charge is 0.385 e. The maximum absolute atomic E-state index is 14.9. The van der Waals surface area contributed by atoms with Gasteiger partial charge in [0.25, 0.3) is 0 Å². The number of hydrogen-bond acceptors (Lipinski definition) is 7. The van der Waals surface area contributed by atoms with Gasteiger partial charge in [-0.25, -0.2) is 19.2 Å². The molecule has 1 heterocycles. The molecular weight excluding hydrogens is 474 g/mol. The minimum Gasteiger partial charge on any atom is -0.492 e. The Morgan fingerprint density at radius 1 is 1.06 bits per heavy atom. The van der Waals surface area contributed by atoms with Crippen molar-refractivity contribution in [1.29, 1.82) is 0 Å². The second-order valence-electron chi connectivity index (χ2n) is 6.60. The summed E-state index contributed by atoms with van der Waals surface area (Å²) in [6.07, 6.45) is 0.